The van der Waals surface area contributed by atoms with Crippen molar-refractivity contribution in [2.75, 3.05) is 0 Å². The molecule has 20 rings (SSSR count). The molecule has 6 aromatic heterocycles. The molecule has 14 aromatic carbocycles. The van der Waals surface area contributed by atoms with Gasteiger partial charge < -0.3 is 9.13 Å². The fourth-order valence-corrected chi connectivity index (χ4v) is 19.3. The predicted molar refractivity (Wildman–Crippen MR) is 395 cm³/mol. The number of hydrogen-bond acceptors (Lipinski definition) is 4. The second-order valence-electron chi connectivity index (χ2n) is 23.4. The van der Waals surface area contributed by atoms with Crippen molar-refractivity contribution in [1.29, 1.82) is 0 Å². The van der Waals surface area contributed by atoms with E-state index in [2.05, 4.69) is 312 Å². The summed E-state index contributed by atoms with van der Waals surface area (Å²) in [7, 11) is 0. The van der Waals surface area contributed by atoms with Crippen molar-refractivity contribution in [3.8, 4) is 55.9 Å². The summed E-state index contributed by atoms with van der Waals surface area (Å²) < 4.78 is 15.6. The van der Waals surface area contributed by atoms with Crippen LogP contribution in [-0.2, 0) is 0 Å². The maximum atomic E-state index is 2.46. The zero-order valence-corrected chi connectivity index (χ0v) is 51.7. The largest absolute Gasteiger partial charge is 0.308 e. The smallest absolute Gasteiger partial charge is 0.0734 e. The monoisotopic (exact) mass is 1210 g/mol. The Morgan fingerprint density at radius 2 is 0.633 bits per heavy atom. The lowest BCUT2D eigenvalue weighted by Gasteiger charge is -2.13. The third kappa shape index (κ3) is 7.99. The Kier molecular flexibility index (Phi) is 11.8. The third-order valence-electron chi connectivity index (χ3n) is 18.4. The molecule has 90 heavy (non-hydrogen) atoms. The molecule has 0 atom stereocenters. The molecule has 6 heteroatoms. The van der Waals surface area contributed by atoms with Gasteiger partial charge in [0.1, 0.15) is 0 Å². The van der Waals surface area contributed by atoms with Gasteiger partial charge in [-0.25, -0.2) is 0 Å². The van der Waals surface area contributed by atoms with Crippen molar-refractivity contribution in [3.63, 3.8) is 0 Å². The first kappa shape index (κ1) is 51.6. The van der Waals surface area contributed by atoms with Crippen LogP contribution in [0.2, 0.25) is 0 Å². The van der Waals surface area contributed by atoms with E-state index in [1.165, 1.54) is 180 Å². The van der Waals surface area contributed by atoms with Gasteiger partial charge in [-0.3, -0.25) is 0 Å². The van der Waals surface area contributed by atoms with Crippen molar-refractivity contribution in [3.05, 3.63) is 303 Å². The fourth-order valence-electron chi connectivity index (χ4n) is 14.4. The molecule has 0 bridgehead atoms. The van der Waals surface area contributed by atoms with Crippen LogP contribution in [0.25, 0.3) is 180 Å². The lowest BCUT2D eigenvalue weighted by Crippen LogP contribution is -1.94. The molecule has 0 amide bonds. The van der Waals surface area contributed by atoms with Gasteiger partial charge in [0.2, 0.25) is 0 Å². The summed E-state index contributed by atoms with van der Waals surface area (Å²) in [6, 6.07) is 111. The van der Waals surface area contributed by atoms with Crippen molar-refractivity contribution in [1.82, 2.24) is 9.13 Å². The van der Waals surface area contributed by atoms with Crippen LogP contribution < -0.4 is 0 Å². The highest BCUT2D eigenvalue weighted by Gasteiger charge is 2.24. The SMILES string of the molecule is c1ccc(-n2c3ccccc3c3sc4cccc(-c5ccccc5-c5ccc6c(c5)sc5cc7ccccc7cc56)c4c32)cc1.c1ccc(-n2c3ccccc3c3sc4cccc(-c5ccccc5-c5ccc6c(c5)sc5ccc7ccccc7c56)c4c32)cc1. The number of rotatable bonds is 6. The number of para-hydroxylation sites is 4. The molecule has 0 radical (unpaired) electrons. The summed E-state index contributed by atoms with van der Waals surface area (Å²) in [6.07, 6.45) is 0. The van der Waals surface area contributed by atoms with E-state index in [0.29, 0.717) is 0 Å². The molecule has 6 heterocycles. The van der Waals surface area contributed by atoms with E-state index in [-0.39, 0.29) is 0 Å². The lowest BCUT2D eigenvalue weighted by molar-refractivity contribution is 1.19. The van der Waals surface area contributed by atoms with Crippen LogP contribution in [0, 0.1) is 0 Å². The Morgan fingerprint density at radius 3 is 1.21 bits per heavy atom. The second-order valence-corrected chi connectivity index (χ2v) is 27.6. The zero-order chi connectivity index (χ0) is 59.0. The Labute approximate surface area is 533 Å². The van der Waals surface area contributed by atoms with Crippen LogP contribution in [0.3, 0.4) is 0 Å². The maximum absolute atomic E-state index is 2.46. The van der Waals surface area contributed by atoms with Crippen LogP contribution in [-0.4, -0.2) is 9.13 Å². The molecule has 20 aromatic rings. The highest BCUT2D eigenvalue weighted by molar-refractivity contribution is 7.27. The van der Waals surface area contributed by atoms with E-state index in [4.69, 9.17) is 0 Å². The summed E-state index contributed by atoms with van der Waals surface area (Å²) in [5.74, 6) is 0. The average Bonchev–Trinajstić information content (AvgIpc) is 1.63. The normalized spacial score (nSPS) is 12.0. The number of thiophene rings is 4. The zero-order valence-electron chi connectivity index (χ0n) is 48.4. The Hall–Kier alpha value is -10.4. The molecule has 0 aliphatic carbocycles. The molecular formula is C84H50N2S4. The number of hydrogen-bond donors (Lipinski definition) is 0. The highest BCUT2D eigenvalue weighted by atomic mass is 32.1. The van der Waals surface area contributed by atoms with E-state index < -0.39 is 0 Å². The van der Waals surface area contributed by atoms with E-state index >= 15 is 0 Å². The maximum Gasteiger partial charge on any atom is 0.0734 e. The summed E-state index contributed by atoms with van der Waals surface area (Å²) in [6.45, 7) is 0. The fraction of sp³-hybridized carbons (Fsp3) is 0. The van der Waals surface area contributed by atoms with Gasteiger partial charge in [0.15, 0.2) is 0 Å². The summed E-state index contributed by atoms with van der Waals surface area (Å²) in [5.41, 5.74) is 17.6. The first-order valence-corrected chi connectivity index (χ1v) is 33.8. The molecular weight excluding hydrogens is 1170 g/mol. The van der Waals surface area contributed by atoms with Gasteiger partial charge in [-0.2, -0.15) is 0 Å². The van der Waals surface area contributed by atoms with Gasteiger partial charge in [0, 0.05) is 82.7 Å². The minimum atomic E-state index is 1.19. The Balaban J connectivity index is 0.000000130. The van der Waals surface area contributed by atoms with E-state index in [1.54, 1.807) is 0 Å². The van der Waals surface area contributed by atoms with Crippen LogP contribution >= 0.6 is 45.3 Å². The quantitative estimate of drug-likeness (QED) is 0.157. The number of aromatic nitrogens is 2. The van der Waals surface area contributed by atoms with Gasteiger partial charge in [-0.05, 0) is 145 Å². The number of nitrogens with zero attached hydrogens (tertiary/aromatic N) is 2. The first-order chi connectivity index (χ1) is 44.6. The van der Waals surface area contributed by atoms with E-state index in [0.717, 1.165) is 0 Å². The molecule has 420 valence electrons. The molecule has 0 saturated carbocycles. The van der Waals surface area contributed by atoms with Crippen LogP contribution in [0.5, 0.6) is 0 Å². The highest BCUT2D eigenvalue weighted by Crippen LogP contribution is 2.51. The van der Waals surface area contributed by atoms with Gasteiger partial charge in [-0.1, -0.05) is 224 Å². The minimum Gasteiger partial charge on any atom is -0.308 e. The second kappa shape index (κ2) is 20.6. The molecule has 0 saturated heterocycles. The standard InChI is InChI=1S/2C42H25NS2/c1-2-13-29(14-3-1)43-36-19-9-8-17-34(36)42-41(43)40-33(18-10-20-37(40)45-42)31-16-7-6-15-30(31)28-21-22-32-35-23-26-11-4-5-12-27(26)24-39(35)44-38(32)25-28;1-2-12-28(13-3-1)43-35-19-9-8-17-33(35)42-41(43)40-32(18-10-20-36(40)45-42)31-16-7-6-14-29(31)27-21-23-34-38(25-27)44-37-24-22-26-11-4-5-15-30(26)39(34)37/h2*1-25H. The Morgan fingerprint density at radius 1 is 0.211 bits per heavy atom. The van der Waals surface area contributed by atoms with Gasteiger partial charge in [0.25, 0.3) is 0 Å². The molecule has 0 fully saturated rings. The molecule has 2 nitrogen and oxygen atoms in total. The molecule has 0 unspecified atom stereocenters. The molecule has 0 spiro atoms. The van der Waals surface area contributed by atoms with Crippen molar-refractivity contribution >= 4 is 170 Å². The molecule has 0 aliphatic heterocycles. The van der Waals surface area contributed by atoms with E-state index in [1.807, 2.05) is 45.3 Å². The van der Waals surface area contributed by atoms with Crippen molar-refractivity contribution < 1.29 is 0 Å². The van der Waals surface area contributed by atoms with Crippen molar-refractivity contribution in [2.24, 2.45) is 0 Å². The first-order valence-electron chi connectivity index (χ1n) is 30.5. The van der Waals surface area contributed by atoms with Gasteiger partial charge >= 0.3 is 0 Å². The van der Waals surface area contributed by atoms with Crippen LogP contribution in [0.15, 0.2) is 303 Å². The van der Waals surface area contributed by atoms with Crippen molar-refractivity contribution in [2.45, 2.75) is 0 Å². The molecule has 0 N–H and O–H groups in total. The van der Waals surface area contributed by atoms with E-state index in [9.17, 15) is 0 Å². The third-order valence-corrected chi connectivity index (χ3v) is 23.0. The predicted octanol–water partition coefficient (Wildman–Crippen LogP) is 25.7. The van der Waals surface area contributed by atoms with Crippen LogP contribution in [0.4, 0.5) is 0 Å². The van der Waals surface area contributed by atoms with Gasteiger partial charge in [0.05, 0.1) is 31.5 Å². The van der Waals surface area contributed by atoms with Gasteiger partial charge in [-0.15, -0.1) is 45.3 Å². The summed E-state index contributed by atoms with van der Waals surface area (Å²) in [4.78, 5) is 0. The summed E-state index contributed by atoms with van der Waals surface area (Å²) >= 11 is 7.59. The Bertz CT molecular complexity index is 6280. The number of benzene rings is 14. The number of fused-ring (bicyclic) bond motifs is 19. The average molecular weight is 1220 g/mol. The summed E-state index contributed by atoms with van der Waals surface area (Å²) in [5, 5.41) is 15.8. The van der Waals surface area contributed by atoms with Crippen LogP contribution in [0.1, 0.15) is 0 Å². The topological polar surface area (TPSA) is 9.86 Å². The lowest BCUT2D eigenvalue weighted by atomic mass is 9.92. The molecule has 0 aliphatic rings. The minimum absolute atomic E-state index is 1.19.